The van der Waals surface area contributed by atoms with Gasteiger partial charge in [-0.05, 0) is 17.5 Å². The molecule has 0 aromatic heterocycles. The van der Waals surface area contributed by atoms with Gasteiger partial charge in [0, 0.05) is 0 Å². The summed E-state index contributed by atoms with van der Waals surface area (Å²) < 4.78 is 0. The molecule has 110 valence electrons. The van der Waals surface area contributed by atoms with Crippen molar-refractivity contribution in [2.75, 3.05) is 6.61 Å². The summed E-state index contributed by atoms with van der Waals surface area (Å²) in [5.41, 5.74) is 7.81. The average molecular weight is 284 g/mol. The fraction of sp³-hybridized carbons (Fsp3) is 0.235. The normalized spacial score (nSPS) is 13.4. The molecule has 0 saturated heterocycles. The van der Waals surface area contributed by atoms with Crippen LogP contribution in [0.5, 0.6) is 0 Å². The molecule has 2 rings (SSSR count). The zero-order chi connectivity index (χ0) is 15.1. The maximum absolute atomic E-state index is 12.1. The van der Waals surface area contributed by atoms with Crippen molar-refractivity contribution in [2.45, 2.75) is 18.5 Å². The molecule has 0 fully saturated rings. The molecule has 1 amide bonds. The third-order valence-corrected chi connectivity index (χ3v) is 3.34. The predicted octanol–water partition coefficient (Wildman–Crippen LogP) is 1.41. The molecule has 21 heavy (non-hydrogen) atoms. The second kappa shape index (κ2) is 7.57. The number of benzene rings is 2. The Balaban J connectivity index is 1.96. The molecule has 0 aliphatic heterocycles. The van der Waals surface area contributed by atoms with Crippen LogP contribution in [0.15, 0.2) is 60.7 Å². The van der Waals surface area contributed by atoms with Gasteiger partial charge in [0.2, 0.25) is 5.91 Å². The van der Waals surface area contributed by atoms with Crippen LogP contribution >= 0.6 is 0 Å². The van der Waals surface area contributed by atoms with Gasteiger partial charge in [-0.3, -0.25) is 4.79 Å². The first-order chi connectivity index (χ1) is 10.2. The predicted molar refractivity (Wildman–Crippen MR) is 82.5 cm³/mol. The van der Waals surface area contributed by atoms with Crippen LogP contribution in [0.25, 0.3) is 0 Å². The van der Waals surface area contributed by atoms with Crippen molar-refractivity contribution < 1.29 is 9.90 Å². The molecule has 0 spiro atoms. The Bertz CT molecular complexity index is 558. The molecule has 0 aliphatic carbocycles. The molecule has 0 heterocycles. The summed E-state index contributed by atoms with van der Waals surface area (Å²) in [4.78, 5) is 12.1. The van der Waals surface area contributed by atoms with Gasteiger partial charge in [0.05, 0.1) is 18.7 Å². The van der Waals surface area contributed by atoms with Crippen molar-refractivity contribution in [1.82, 2.24) is 5.32 Å². The van der Waals surface area contributed by atoms with Crippen molar-refractivity contribution in [3.8, 4) is 0 Å². The molecule has 4 heteroatoms. The number of carbonyl (C=O) groups excluding carboxylic acids is 1. The highest BCUT2D eigenvalue weighted by atomic mass is 16.3. The zero-order valence-electron chi connectivity index (χ0n) is 11.8. The van der Waals surface area contributed by atoms with Crippen molar-refractivity contribution in [1.29, 1.82) is 0 Å². The fourth-order valence-corrected chi connectivity index (χ4v) is 2.16. The summed E-state index contributed by atoms with van der Waals surface area (Å²) in [7, 11) is 0. The first-order valence-electron chi connectivity index (χ1n) is 6.96. The van der Waals surface area contributed by atoms with Crippen molar-refractivity contribution in [2.24, 2.45) is 5.73 Å². The number of amides is 1. The van der Waals surface area contributed by atoms with Crippen molar-refractivity contribution >= 4 is 5.91 Å². The molecule has 2 aromatic carbocycles. The van der Waals surface area contributed by atoms with E-state index in [-0.39, 0.29) is 12.5 Å². The Morgan fingerprint density at radius 1 is 1.05 bits per heavy atom. The van der Waals surface area contributed by atoms with Gasteiger partial charge in [-0.2, -0.15) is 0 Å². The molecule has 2 atom stereocenters. The molecule has 2 aromatic rings. The highest BCUT2D eigenvalue weighted by molar-refractivity contribution is 5.82. The maximum Gasteiger partial charge on any atom is 0.237 e. The summed E-state index contributed by atoms with van der Waals surface area (Å²) >= 11 is 0. The van der Waals surface area contributed by atoms with Gasteiger partial charge in [-0.1, -0.05) is 60.7 Å². The monoisotopic (exact) mass is 284 g/mol. The SMILES string of the molecule is NC(Cc1ccccc1)C(=O)N[C@H](CO)c1ccccc1. The molecule has 1 unspecified atom stereocenters. The lowest BCUT2D eigenvalue weighted by Gasteiger charge is -2.19. The van der Waals surface area contributed by atoms with E-state index in [4.69, 9.17) is 5.73 Å². The third kappa shape index (κ3) is 4.41. The van der Waals surface area contributed by atoms with Crippen LogP contribution < -0.4 is 11.1 Å². The van der Waals surface area contributed by atoms with Gasteiger partial charge in [0.15, 0.2) is 0 Å². The van der Waals surface area contributed by atoms with Crippen LogP contribution in [-0.2, 0) is 11.2 Å². The van der Waals surface area contributed by atoms with Gasteiger partial charge < -0.3 is 16.2 Å². The molecule has 0 bridgehead atoms. The first kappa shape index (κ1) is 15.2. The number of aliphatic hydroxyl groups is 1. The Kier molecular flexibility index (Phi) is 5.49. The number of hydrogen-bond acceptors (Lipinski definition) is 3. The lowest BCUT2D eigenvalue weighted by molar-refractivity contribution is -0.123. The highest BCUT2D eigenvalue weighted by Gasteiger charge is 2.19. The molecule has 0 aliphatic rings. The second-order valence-corrected chi connectivity index (χ2v) is 4.95. The van der Waals surface area contributed by atoms with E-state index in [0.29, 0.717) is 6.42 Å². The molecule has 0 saturated carbocycles. The van der Waals surface area contributed by atoms with Gasteiger partial charge in [0.25, 0.3) is 0 Å². The third-order valence-electron chi connectivity index (χ3n) is 3.34. The number of rotatable bonds is 6. The van der Waals surface area contributed by atoms with E-state index in [0.717, 1.165) is 11.1 Å². The molecule has 4 nitrogen and oxygen atoms in total. The van der Waals surface area contributed by atoms with E-state index < -0.39 is 12.1 Å². The number of carbonyl (C=O) groups is 1. The van der Waals surface area contributed by atoms with Crippen molar-refractivity contribution in [3.63, 3.8) is 0 Å². The van der Waals surface area contributed by atoms with Crippen LogP contribution in [0.3, 0.4) is 0 Å². The zero-order valence-corrected chi connectivity index (χ0v) is 11.8. The van der Waals surface area contributed by atoms with Crippen LogP contribution in [0, 0.1) is 0 Å². The van der Waals surface area contributed by atoms with Gasteiger partial charge >= 0.3 is 0 Å². The second-order valence-electron chi connectivity index (χ2n) is 4.95. The van der Waals surface area contributed by atoms with Crippen LogP contribution in [-0.4, -0.2) is 23.7 Å². The van der Waals surface area contributed by atoms with Gasteiger partial charge in [0.1, 0.15) is 0 Å². The summed E-state index contributed by atoms with van der Waals surface area (Å²) in [6, 6.07) is 17.9. The highest BCUT2D eigenvalue weighted by Crippen LogP contribution is 2.12. The minimum Gasteiger partial charge on any atom is -0.394 e. The van der Waals surface area contributed by atoms with E-state index in [1.54, 1.807) is 0 Å². The van der Waals surface area contributed by atoms with Gasteiger partial charge in [-0.15, -0.1) is 0 Å². The summed E-state index contributed by atoms with van der Waals surface area (Å²) in [5, 5.41) is 12.2. The summed E-state index contributed by atoms with van der Waals surface area (Å²) in [5.74, 6) is -0.262. The van der Waals surface area contributed by atoms with E-state index in [2.05, 4.69) is 5.32 Å². The van der Waals surface area contributed by atoms with E-state index in [1.807, 2.05) is 60.7 Å². The Morgan fingerprint density at radius 3 is 2.19 bits per heavy atom. The Hall–Kier alpha value is -2.17. The van der Waals surface area contributed by atoms with E-state index in [1.165, 1.54) is 0 Å². The van der Waals surface area contributed by atoms with Crippen LogP contribution in [0.4, 0.5) is 0 Å². The number of hydrogen-bond donors (Lipinski definition) is 3. The Morgan fingerprint density at radius 2 is 1.62 bits per heavy atom. The topological polar surface area (TPSA) is 75.4 Å². The molecular formula is C17H20N2O2. The minimum absolute atomic E-state index is 0.159. The Labute approximate surface area is 124 Å². The van der Waals surface area contributed by atoms with Crippen molar-refractivity contribution in [3.05, 3.63) is 71.8 Å². The summed E-state index contributed by atoms with van der Waals surface area (Å²) in [6.45, 7) is -0.159. The largest absolute Gasteiger partial charge is 0.394 e. The van der Waals surface area contributed by atoms with E-state index >= 15 is 0 Å². The standard InChI is InChI=1S/C17H20N2O2/c18-15(11-13-7-3-1-4-8-13)17(21)19-16(12-20)14-9-5-2-6-10-14/h1-10,15-16,20H,11-12,18H2,(H,19,21)/t15?,16-/m1/s1. The van der Waals surface area contributed by atoms with Crippen LogP contribution in [0.1, 0.15) is 17.2 Å². The summed E-state index contributed by atoms with van der Waals surface area (Å²) in [6.07, 6.45) is 0.472. The van der Waals surface area contributed by atoms with Crippen LogP contribution in [0.2, 0.25) is 0 Å². The molecule has 0 radical (unpaired) electrons. The number of aliphatic hydroxyl groups excluding tert-OH is 1. The molecular weight excluding hydrogens is 264 g/mol. The average Bonchev–Trinajstić information content (AvgIpc) is 2.54. The minimum atomic E-state index is -0.634. The van der Waals surface area contributed by atoms with Gasteiger partial charge in [-0.25, -0.2) is 0 Å². The first-order valence-corrected chi connectivity index (χ1v) is 6.96. The number of nitrogens with two attached hydrogens (primary N) is 1. The lowest BCUT2D eigenvalue weighted by Crippen LogP contribution is -2.44. The van der Waals surface area contributed by atoms with E-state index in [9.17, 15) is 9.90 Å². The molecule has 4 N–H and O–H groups in total. The number of nitrogens with one attached hydrogen (secondary N) is 1. The fourth-order valence-electron chi connectivity index (χ4n) is 2.16. The lowest BCUT2D eigenvalue weighted by atomic mass is 10.0. The smallest absolute Gasteiger partial charge is 0.237 e. The maximum atomic E-state index is 12.1. The quantitative estimate of drug-likeness (QED) is 0.750.